The van der Waals surface area contributed by atoms with Gasteiger partial charge in [-0.25, -0.2) is 0 Å². The molecule has 2 N–H and O–H groups in total. The molecule has 154 valence electrons. The Kier molecular flexibility index (Phi) is 9.48. The molecule has 6 nitrogen and oxygen atoms in total. The SMILES string of the molecule is CN=C(NCc1cccc(C#N)c1)NCC1(N2CCOCC2)CCCCC1.I. The lowest BCUT2D eigenvalue weighted by atomic mass is 9.80. The van der Waals surface area contributed by atoms with Crippen LogP contribution in [0.2, 0.25) is 0 Å². The molecule has 0 amide bonds. The van der Waals surface area contributed by atoms with E-state index >= 15 is 0 Å². The molecule has 1 aromatic carbocycles. The third-order valence-corrected chi connectivity index (χ3v) is 5.79. The zero-order valence-corrected chi connectivity index (χ0v) is 19.1. The largest absolute Gasteiger partial charge is 0.379 e. The average molecular weight is 497 g/mol. The molecular weight excluding hydrogens is 465 g/mol. The van der Waals surface area contributed by atoms with Crippen LogP contribution in [0, 0.1) is 11.3 Å². The molecule has 1 aromatic rings. The van der Waals surface area contributed by atoms with Crippen LogP contribution in [-0.2, 0) is 11.3 Å². The van der Waals surface area contributed by atoms with Gasteiger partial charge < -0.3 is 15.4 Å². The molecule has 0 atom stereocenters. The molecule has 2 fully saturated rings. The first-order valence-electron chi connectivity index (χ1n) is 10.0. The van der Waals surface area contributed by atoms with E-state index in [9.17, 15) is 0 Å². The van der Waals surface area contributed by atoms with Crippen LogP contribution in [0.3, 0.4) is 0 Å². The van der Waals surface area contributed by atoms with Crippen molar-refractivity contribution in [3.05, 3.63) is 35.4 Å². The van der Waals surface area contributed by atoms with Crippen molar-refractivity contribution in [2.24, 2.45) is 4.99 Å². The summed E-state index contributed by atoms with van der Waals surface area (Å²) < 4.78 is 5.57. The number of rotatable bonds is 5. The highest BCUT2D eigenvalue weighted by Gasteiger charge is 2.38. The maximum atomic E-state index is 9.05. The fourth-order valence-corrected chi connectivity index (χ4v) is 4.26. The number of hydrogen-bond donors (Lipinski definition) is 2. The summed E-state index contributed by atoms with van der Waals surface area (Å²) in [4.78, 5) is 7.02. The fourth-order valence-electron chi connectivity index (χ4n) is 4.26. The Balaban J connectivity index is 0.00000280. The molecule has 1 saturated heterocycles. The van der Waals surface area contributed by atoms with Gasteiger partial charge in [-0.05, 0) is 30.5 Å². The maximum Gasteiger partial charge on any atom is 0.191 e. The van der Waals surface area contributed by atoms with Gasteiger partial charge in [-0.1, -0.05) is 31.4 Å². The van der Waals surface area contributed by atoms with Gasteiger partial charge in [-0.15, -0.1) is 24.0 Å². The minimum absolute atomic E-state index is 0. The van der Waals surface area contributed by atoms with Gasteiger partial charge in [0.1, 0.15) is 0 Å². The summed E-state index contributed by atoms with van der Waals surface area (Å²) in [6, 6.07) is 9.87. The molecule has 3 rings (SSSR count). The van der Waals surface area contributed by atoms with Gasteiger partial charge in [0.15, 0.2) is 5.96 Å². The van der Waals surface area contributed by atoms with E-state index in [-0.39, 0.29) is 29.5 Å². The molecule has 0 unspecified atom stereocenters. The summed E-state index contributed by atoms with van der Waals surface area (Å²) in [5.41, 5.74) is 1.98. The summed E-state index contributed by atoms with van der Waals surface area (Å²) in [6.45, 7) is 5.28. The number of hydrogen-bond acceptors (Lipinski definition) is 4. The van der Waals surface area contributed by atoms with Crippen molar-refractivity contribution in [3.8, 4) is 6.07 Å². The van der Waals surface area contributed by atoms with Gasteiger partial charge in [0, 0.05) is 38.8 Å². The second-order valence-electron chi connectivity index (χ2n) is 7.48. The standard InChI is InChI=1S/C21H31N5O.HI/c1-23-20(24-16-19-7-5-6-18(14-19)15-22)25-17-21(8-3-2-4-9-21)26-10-12-27-13-11-26;/h5-7,14H,2-4,8-13,16-17H2,1H3,(H2,23,24,25);1H. The van der Waals surface area contributed by atoms with Gasteiger partial charge in [-0.2, -0.15) is 5.26 Å². The average Bonchev–Trinajstić information content (AvgIpc) is 2.75. The predicted molar refractivity (Wildman–Crippen MR) is 123 cm³/mol. The van der Waals surface area contributed by atoms with E-state index in [4.69, 9.17) is 10.00 Å². The zero-order chi connectivity index (χ0) is 19.0. The molecule has 0 radical (unpaired) electrons. The van der Waals surface area contributed by atoms with Crippen molar-refractivity contribution >= 4 is 29.9 Å². The molecular formula is C21H32IN5O. The lowest BCUT2D eigenvalue weighted by Crippen LogP contribution is -2.60. The van der Waals surface area contributed by atoms with Crippen LogP contribution in [0.5, 0.6) is 0 Å². The Morgan fingerprint density at radius 2 is 1.96 bits per heavy atom. The van der Waals surface area contributed by atoms with Crippen LogP contribution in [-0.4, -0.2) is 56.3 Å². The van der Waals surface area contributed by atoms with E-state index in [2.05, 4.69) is 26.6 Å². The van der Waals surface area contributed by atoms with E-state index in [1.807, 2.05) is 31.3 Å². The molecule has 1 aliphatic carbocycles. The topological polar surface area (TPSA) is 72.7 Å². The molecule has 2 aliphatic rings. The van der Waals surface area contributed by atoms with Gasteiger partial charge in [-0.3, -0.25) is 9.89 Å². The number of benzene rings is 1. The highest BCUT2D eigenvalue weighted by Crippen LogP contribution is 2.33. The number of nitrogens with one attached hydrogen (secondary N) is 2. The summed E-state index contributed by atoms with van der Waals surface area (Å²) in [7, 11) is 1.81. The van der Waals surface area contributed by atoms with Crippen molar-refractivity contribution in [2.45, 2.75) is 44.2 Å². The first-order chi connectivity index (χ1) is 13.3. The number of ether oxygens (including phenoxy) is 1. The fraction of sp³-hybridized carbons (Fsp3) is 0.619. The van der Waals surface area contributed by atoms with Gasteiger partial charge in [0.25, 0.3) is 0 Å². The summed E-state index contributed by atoms with van der Waals surface area (Å²) in [5, 5.41) is 16.0. The summed E-state index contributed by atoms with van der Waals surface area (Å²) in [5.74, 6) is 0.815. The number of guanidine groups is 1. The van der Waals surface area contributed by atoms with E-state index in [0.717, 1.165) is 44.4 Å². The Morgan fingerprint density at radius 3 is 2.64 bits per heavy atom. The minimum atomic E-state index is 0. The van der Waals surface area contributed by atoms with Crippen molar-refractivity contribution in [3.63, 3.8) is 0 Å². The number of nitrogens with zero attached hydrogens (tertiary/aromatic N) is 3. The summed E-state index contributed by atoms with van der Waals surface area (Å²) >= 11 is 0. The molecule has 0 aromatic heterocycles. The highest BCUT2D eigenvalue weighted by molar-refractivity contribution is 14.0. The van der Waals surface area contributed by atoms with Gasteiger partial charge in [0.2, 0.25) is 0 Å². The molecule has 28 heavy (non-hydrogen) atoms. The smallest absolute Gasteiger partial charge is 0.191 e. The number of morpholine rings is 1. The van der Waals surface area contributed by atoms with Crippen LogP contribution in [0.25, 0.3) is 0 Å². The number of halogens is 1. The quantitative estimate of drug-likeness (QED) is 0.372. The molecule has 1 aliphatic heterocycles. The van der Waals surface area contributed by atoms with Gasteiger partial charge in [0.05, 0.1) is 24.8 Å². The second-order valence-corrected chi connectivity index (χ2v) is 7.48. The second kappa shape index (κ2) is 11.6. The summed E-state index contributed by atoms with van der Waals surface area (Å²) in [6.07, 6.45) is 6.41. The van der Waals surface area contributed by atoms with Crippen LogP contribution in [0.1, 0.15) is 43.2 Å². The Hall–Kier alpha value is -1.37. The molecule has 1 heterocycles. The van der Waals surface area contributed by atoms with E-state index in [0.29, 0.717) is 12.1 Å². The maximum absolute atomic E-state index is 9.05. The minimum Gasteiger partial charge on any atom is -0.379 e. The van der Waals surface area contributed by atoms with Gasteiger partial charge >= 0.3 is 0 Å². The number of aliphatic imine (C=N–C) groups is 1. The molecule has 0 spiro atoms. The first kappa shape index (κ1) is 22.9. The number of nitriles is 1. The Labute approximate surface area is 185 Å². The van der Waals surface area contributed by atoms with E-state index in [1.165, 1.54) is 32.1 Å². The normalized spacial score (nSPS) is 19.9. The van der Waals surface area contributed by atoms with Crippen LogP contribution in [0.4, 0.5) is 0 Å². The third-order valence-electron chi connectivity index (χ3n) is 5.79. The Bertz CT molecular complexity index is 676. The lowest BCUT2D eigenvalue weighted by Gasteiger charge is -2.48. The van der Waals surface area contributed by atoms with Crippen molar-refractivity contribution in [1.82, 2.24) is 15.5 Å². The van der Waals surface area contributed by atoms with Crippen molar-refractivity contribution in [2.75, 3.05) is 39.9 Å². The van der Waals surface area contributed by atoms with Crippen LogP contribution < -0.4 is 10.6 Å². The lowest BCUT2D eigenvalue weighted by molar-refractivity contribution is -0.0352. The van der Waals surface area contributed by atoms with Crippen LogP contribution in [0.15, 0.2) is 29.3 Å². The van der Waals surface area contributed by atoms with Crippen molar-refractivity contribution in [1.29, 1.82) is 5.26 Å². The Morgan fingerprint density at radius 1 is 1.21 bits per heavy atom. The van der Waals surface area contributed by atoms with E-state index in [1.54, 1.807) is 0 Å². The third kappa shape index (κ3) is 6.06. The van der Waals surface area contributed by atoms with Crippen LogP contribution >= 0.6 is 24.0 Å². The first-order valence-corrected chi connectivity index (χ1v) is 10.0. The zero-order valence-electron chi connectivity index (χ0n) is 16.7. The highest BCUT2D eigenvalue weighted by atomic mass is 127. The molecule has 0 bridgehead atoms. The predicted octanol–water partition coefficient (Wildman–Crippen LogP) is 2.88. The van der Waals surface area contributed by atoms with E-state index < -0.39 is 0 Å². The monoisotopic (exact) mass is 497 g/mol. The van der Waals surface area contributed by atoms with Crippen molar-refractivity contribution < 1.29 is 4.74 Å². The molecule has 1 saturated carbocycles. The molecule has 7 heteroatoms.